The van der Waals surface area contributed by atoms with Crippen molar-refractivity contribution in [2.45, 2.75) is 6.92 Å². The molecule has 2 fully saturated rings. The predicted octanol–water partition coefficient (Wildman–Crippen LogP) is 1.78. The fraction of sp³-hybridized carbons (Fsp3) is 0.350. The second-order valence-corrected chi connectivity index (χ2v) is 7.08. The number of hydrogen-bond donors (Lipinski definition) is 0. The summed E-state index contributed by atoms with van der Waals surface area (Å²) in [5.74, 6) is -0.573. The highest BCUT2D eigenvalue weighted by atomic mass is 19.1. The van der Waals surface area contributed by atoms with Crippen LogP contribution < -0.4 is 10.5 Å². The first-order chi connectivity index (χ1) is 13.5. The van der Waals surface area contributed by atoms with Crippen molar-refractivity contribution in [3.63, 3.8) is 0 Å². The van der Waals surface area contributed by atoms with Gasteiger partial charge in [0.05, 0.1) is 30.9 Å². The van der Waals surface area contributed by atoms with Crippen LogP contribution in [-0.2, 0) is 14.3 Å². The molecule has 2 aliphatic rings. The topological polar surface area (TPSA) is 73.7 Å². The molecule has 2 saturated heterocycles. The molecule has 0 bridgehead atoms. The zero-order valence-electron chi connectivity index (χ0n) is 15.4. The summed E-state index contributed by atoms with van der Waals surface area (Å²) in [6, 6.07) is 5.63. The lowest BCUT2D eigenvalue weighted by atomic mass is 9.78. The number of benzene rings is 1. The molecular formula is C20H20FN3O4. The molecule has 1 aromatic heterocycles. The molecule has 0 amide bonds. The van der Waals surface area contributed by atoms with Crippen molar-refractivity contribution in [1.29, 1.82) is 0 Å². The fourth-order valence-electron chi connectivity index (χ4n) is 3.41. The number of hydrogen-bond acceptors (Lipinski definition) is 6. The Hall–Kier alpha value is -3.00. The smallest absolute Gasteiger partial charge is 0.330 e. The summed E-state index contributed by atoms with van der Waals surface area (Å²) in [7, 11) is 0. The number of halogens is 1. The summed E-state index contributed by atoms with van der Waals surface area (Å²) in [6.45, 7) is 4.78. The van der Waals surface area contributed by atoms with Crippen LogP contribution in [0.1, 0.15) is 12.6 Å². The van der Waals surface area contributed by atoms with Gasteiger partial charge in [0.15, 0.2) is 5.82 Å². The maximum atomic E-state index is 13.3. The van der Waals surface area contributed by atoms with Crippen molar-refractivity contribution in [1.82, 2.24) is 9.55 Å². The van der Waals surface area contributed by atoms with Crippen molar-refractivity contribution in [2.24, 2.45) is 5.41 Å². The Balaban J connectivity index is 1.71. The average molecular weight is 385 g/mol. The highest BCUT2D eigenvalue weighted by molar-refractivity contribution is 5.86. The third kappa shape index (κ3) is 3.43. The number of aromatic nitrogens is 2. The monoisotopic (exact) mass is 385 g/mol. The van der Waals surface area contributed by atoms with Gasteiger partial charge in [0, 0.05) is 31.0 Å². The molecule has 0 radical (unpaired) electrons. The van der Waals surface area contributed by atoms with E-state index in [2.05, 4.69) is 4.98 Å². The lowest BCUT2D eigenvalue weighted by Crippen LogP contribution is -2.67. The lowest BCUT2D eigenvalue weighted by molar-refractivity contribution is -0.137. The average Bonchev–Trinajstić information content (AvgIpc) is 2.60. The first kappa shape index (κ1) is 18.4. The van der Waals surface area contributed by atoms with E-state index >= 15 is 0 Å². The van der Waals surface area contributed by atoms with E-state index < -0.39 is 5.97 Å². The Labute approximate surface area is 161 Å². The third-order valence-electron chi connectivity index (χ3n) is 4.86. The largest absolute Gasteiger partial charge is 0.463 e. The van der Waals surface area contributed by atoms with E-state index in [1.54, 1.807) is 6.92 Å². The van der Waals surface area contributed by atoms with Gasteiger partial charge in [0.25, 0.3) is 5.56 Å². The second-order valence-electron chi connectivity index (χ2n) is 7.08. The number of nitrogens with zero attached hydrogens (tertiary/aromatic N) is 3. The number of esters is 1. The number of carbonyl (C=O) groups excluding carboxylic acids is 1. The molecule has 7 nitrogen and oxygen atoms in total. The molecule has 28 heavy (non-hydrogen) atoms. The van der Waals surface area contributed by atoms with Gasteiger partial charge in [0.1, 0.15) is 5.82 Å². The number of ether oxygens (including phenoxy) is 2. The molecule has 4 rings (SSSR count). The number of rotatable bonds is 5. The maximum absolute atomic E-state index is 13.3. The summed E-state index contributed by atoms with van der Waals surface area (Å²) < 4.78 is 24.9. The molecule has 1 spiro atoms. The Kier molecular flexibility index (Phi) is 4.72. The van der Waals surface area contributed by atoms with Crippen molar-refractivity contribution in [3.8, 4) is 5.69 Å². The van der Waals surface area contributed by atoms with Gasteiger partial charge >= 0.3 is 5.97 Å². The van der Waals surface area contributed by atoms with Crippen LogP contribution in [-0.4, -0.2) is 48.4 Å². The minimum absolute atomic E-state index is 0.117. The van der Waals surface area contributed by atoms with Gasteiger partial charge < -0.3 is 14.4 Å². The SMILES string of the molecule is CCOC(=O)/C=C/c1cn(-c2ccc(F)cc2)c(=O)c(N2CC3(COC3)C2)n1. The van der Waals surface area contributed by atoms with Crippen molar-refractivity contribution in [3.05, 3.63) is 58.4 Å². The van der Waals surface area contributed by atoms with E-state index in [-0.39, 0.29) is 23.4 Å². The minimum atomic E-state index is -0.486. The maximum Gasteiger partial charge on any atom is 0.330 e. The summed E-state index contributed by atoms with van der Waals surface area (Å²) in [5.41, 5.74) is 0.766. The molecule has 2 aliphatic heterocycles. The van der Waals surface area contributed by atoms with Crippen molar-refractivity contribution < 1.29 is 18.7 Å². The second kappa shape index (κ2) is 7.20. The van der Waals surface area contributed by atoms with Gasteiger partial charge in [-0.2, -0.15) is 0 Å². The zero-order chi connectivity index (χ0) is 19.7. The first-order valence-corrected chi connectivity index (χ1v) is 9.07. The highest BCUT2D eigenvalue weighted by Crippen LogP contribution is 2.38. The quantitative estimate of drug-likeness (QED) is 0.577. The Morgan fingerprint density at radius 2 is 2.04 bits per heavy atom. The predicted molar refractivity (Wildman–Crippen MR) is 101 cm³/mol. The van der Waals surface area contributed by atoms with Crippen LogP contribution in [0.5, 0.6) is 0 Å². The van der Waals surface area contributed by atoms with Crippen LogP contribution in [0.25, 0.3) is 11.8 Å². The summed E-state index contributed by atoms with van der Waals surface area (Å²) in [4.78, 5) is 31.0. The molecule has 0 unspecified atom stereocenters. The standard InChI is InChI=1S/C20H20FN3O4/c1-2-28-17(25)8-5-15-9-24(16-6-3-14(21)4-7-16)19(26)18(22-15)23-10-20(11-23)12-27-13-20/h3-9H,2,10-13H2,1H3/b8-5+. The first-order valence-electron chi connectivity index (χ1n) is 9.07. The van der Waals surface area contributed by atoms with E-state index in [0.29, 0.717) is 43.5 Å². The zero-order valence-corrected chi connectivity index (χ0v) is 15.4. The van der Waals surface area contributed by atoms with Crippen LogP contribution in [0.2, 0.25) is 0 Å². The van der Waals surface area contributed by atoms with Crippen molar-refractivity contribution in [2.75, 3.05) is 37.8 Å². The van der Waals surface area contributed by atoms with Crippen molar-refractivity contribution >= 4 is 17.9 Å². The number of anilines is 1. The van der Waals surface area contributed by atoms with Gasteiger partial charge in [0.2, 0.25) is 0 Å². The van der Waals surface area contributed by atoms with Gasteiger partial charge in [-0.25, -0.2) is 14.2 Å². The third-order valence-corrected chi connectivity index (χ3v) is 4.86. The van der Waals surface area contributed by atoms with E-state index in [1.807, 2.05) is 4.90 Å². The Morgan fingerprint density at radius 1 is 1.32 bits per heavy atom. The van der Waals surface area contributed by atoms with E-state index in [4.69, 9.17) is 9.47 Å². The van der Waals surface area contributed by atoms with Crippen LogP contribution in [0.3, 0.4) is 0 Å². The highest BCUT2D eigenvalue weighted by Gasteiger charge is 2.50. The molecule has 8 heteroatoms. The van der Waals surface area contributed by atoms with Crippen LogP contribution >= 0.6 is 0 Å². The molecule has 0 N–H and O–H groups in total. The molecule has 0 saturated carbocycles. The minimum Gasteiger partial charge on any atom is -0.463 e. The van der Waals surface area contributed by atoms with Crippen LogP contribution in [0.15, 0.2) is 41.3 Å². The summed E-state index contributed by atoms with van der Waals surface area (Å²) >= 11 is 0. The molecule has 0 atom stereocenters. The lowest BCUT2D eigenvalue weighted by Gasteiger charge is -2.55. The Bertz CT molecular complexity index is 972. The Morgan fingerprint density at radius 3 is 2.64 bits per heavy atom. The normalized spacial score (nSPS) is 17.4. The van der Waals surface area contributed by atoms with E-state index in [1.165, 1.54) is 47.2 Å². The van der Waals surface area contributed by atoms with E-state index in [9.17, 15) is 14.0 Å². The molecule has 3 heterocycles. The van der Waals surface area contributed by atoms with Crippen LogP contribution in [0.4, 0.5) is 10.2 Å². The van der Waals surface area contributed by atoms with Gasteiger partial charge in [-0.1, -0.05) is 0 Å². The van der Waals surface area contributed by atoms with Gasteiger partial charge in [-0.15, -0.1) is 0 Å². The van der Waals surface area contributed by atoms with E-state index in [0.717, 1.165) is 0 Å². The molecule has 0 aliphatic carbocycles. The summed E-state index contributed by atoms with van der Waals surface area (Å²) in [5, 5.41) is 0. The molecule has 146 valence electrons. The van der Waals surface area contributed by atoms with Gasteiger partial charge in [-0.3, -0.25) is 9.36 Å². The molecule has 2 aromatic rings. The number of carbonyl (C=O) groups is 1. The molecular weight excluding hydrogens is 365 g/mol. The van der Waals surface area contributed by atoms with Crippen LogP contribution in [0, 0.1) is 11.2 Å². The summed E-state index contributed by atoms with van der Waals surface area (Å²) in [6.07, 6.45) is 4.30. The fourth-order valence-corrected chi connectivity index (χ4v) is 3.41. The van der Waals surface area contributed by atoms with Gasteiger partial charge in [-0.05, 0) is 37.3 Å². The molecule has 1 aromatic carbocycles.